The first-order valence-electron chi connectivity index (χ1n) is 13.7. The van der Waals surface area contributed by atoms with Gasteiger partial charge in [-0.2, -0.15) is 5.10 Å². The van der Waals surface area contributed by atoms with Crippen molar-refractivity contribution in [2.45, 2.75) is 79.3 Å². The van der Waals surface area contributed by atoms with E-state index in [9.17, 15) is 9.59 Å². The fourth-order valence-corrected chi connectivity index (χ4v) is 3.99. The second-order valence-corrected chi connectivity index (χ2v) is 9.19. The molecule has 0 spiro atoms. The van der Waals surface area contributed by atoms with Crippen LogP contribution in [-0.4, -0.2) is 62.1 Å². The number of nitrogens with zero attached hydrogens (tertiary/aromatic N) is 2. The van der Waals surface area contributed by atoms with Crippen molar-refractivity contribution in [3.8, 4) is 22.8 Å². The van der Waals surface area contributed by atoms with Gasteiger partial charge < -0.3 is 24.8 Å². The quantitative estimate of drug-likeness (QED) is 0.292. The summed E-state index contributed by atoms with van der Waals surface area (Å²) in [4.78, 5) is 26.1. The number of hydrogen-bond donors (Lipinski definition) is 2. The lowest BCUT2D eigenvalue weighted by molar-refractivity contribution is -0.123. The molecule has 1 aromatic heterocycles. The number of benzene rings is 1. The van der Waals surface area contributed by atoms with E-state index in [2.05, 4.69) is 36.5 Å². The molecule has 1 aromatic carbocycles. The third-order valence-corrected chi connectivity index (χ3v) is 5.81. The molecule has 0 unspecified atom stereocenters. The highest BCUT2D eigenvalue weighted by Gasteiger charge is 2.25. The van der Waals surface area contributed by atoms with Gasteiger partial charge in [-0.1, -0.05) is 66.4 Å². The van der Waals surface area contributed by atoms with Crippen molar-refractivity contribution in [1.29, 1.82) is 0 Å². The second-order valence-electron chi connectivity index (χ2n) is 9.19. The summed E-state index contributed by atoms with van der Waals surface area (Å²) >= 11 is 0. The molecule has 0 saturated heterocycles. The zero-order chi connectivity index (χ0) is 28.5. The number of methoxy groups -OCH3 is 3. The SMILES string of the molecule is CC.CCCCCC[C@H](NC(=O)c1cc(-c2c(OC)cccc2OC)n(CC(C)C)n1)C(=O)NCCOC. The number of hydrogen-bond acceptors (Lipinski definition) is 6. The van der Waals surface area contributed by atoms with E-state index in [0.29, 0.717) is 43.3 Å². The second kappa shape index (κ2) is 18.2. The molecule has 0 aliphatic heterocycles. The molecule has 9 heteroatoms. The molecule has 2 N–H and O–H groups in total. The first-order valence-corrected chi connectivity index (χ1v) is 13.7. The number of aromatic nitrogens is 2. The summed E-state index contributed by atoms with van der Waals surface area (Å²) in [7, 11) is 4.78. The molecule has 0 aliphatic carbocycles. The Morgan fingerprint density at radius 1 is 1.03 bits per heavy atom. The fraction of sp³-hybridized carbons (Fsp3) is 0.621. The van der Waals surface area contributed by atoms with Crippen molar-refractivity contribution < 1.29 is 23.8 Å². The summed E-state index contributed by atoms with van der Waals surface area (Å²) < 4.78 is 18.0. The minimum atomic E-state index is -0.647. The van der Waals surface area contributed by atoms with Crippen molar-refractivity contribution in [1.82, 2.24) is 20.4 Å². The van der Waals surface area contributed by atoms with Gasteiger partial charge in [-0.3, -0.25) is 14.3 Å². The number of carbonyl (C=O) groups excluding carboxylic acids is 2. The maximum atomic E-state index is 13.3. The Morgan fingerprint density at radius 2 is 1.68 bits per heavy atom. The van der Waals surface area contributed by atoms with E-state index < -0.39 is 11.9 Å². The molecular weight excluding hydrogens is 484 g/mol. The number of unbranched alkanes of at least 4 members (excludes halogenated alkanes) is 3. The Hall–Kier alpha value is -3.07. The third-order valence-electron chi connectivity index (χ3n) is 5.81. The Kier molecular flexibility index (Phi) is 15.8. The monoisotopic (exact) mass is 532 g/mol. The van der Waals surface area contributed by atoms with Gasteiger partial charge in [0.05, 0.1) is 32.1 Å². The van der Waals surface area contributed by atoms with Crippen LogP contribution in [0.2, 0.25) is 0 Å². The Balaban J connectivity index is 0.00000352. The maximum Gasteiger partial charge on any atom is 0.272 e. The minimum Gasteiger partial charge on any atom is -0.496 e. The van der Waals surface area contributed by atoms with Crippen LogP contribution in [0.5, 0.6) is 11.5 Å². The van der Waals surface area contributed by atoms with Crippen LogP contribution in [0, 0.1) is 5.92 Å². The van der Waals surface area contributed by atoms with Gasteiger partial charge in [0.2, 0.25) is 5.91 Å². The lowest BCUT2D eigenvalue weighted by Gasteiger charge is -2.18. The van der Waals surface area contributed by atoms with Crippen molar-refractivity contribution in [3.63, 3.8) is 0 Å². The van der Waals surface area contributed by atoms with Crippen molar-refractivity contribution in [3.05, 3.63) is 30.0 Å². The van der Waals surface area contributed by atoms with Gasteiger partial charge in [-0.05, 0) is 30.5 Å². The smallest absolute Gasteiger partial charge is 0.272 e. The van der Waals surface area contributed by atoms with Crippen LogP contribution in [0.1, 0.15) is 77.2 Å². The van der Waals surface area contributed by atoms with Gasteiger partial charge in [0.1, 0.15) is 17.5 Å². The van der Waals surface area contributed by atoms with E-state index in [-0.39, 0.29) is 17.5 Å². The van der Waals surface area contributed by atoms with Crippen LogP contribution in [0.3, 0.4) is 0 Å². The van der Waals surface area contributed by atoms with E-state index >= 15 is 0 Å². The molecule has 214 valence electrons. The average Bonchev–Trinajstić information content (AvgIpc) is 3.33. The Labute approximate surface area is 228 Å². The van der Waals surface area contributed by atoms with E-state index in [4.69, 9.17) is 14.2 Å². The van der Waals surface area contributed by atoms with Gasteiger partial charge in [-0.15, -0.1) is 0 Å². The molecule has 2 aromatic rings. The van der Waals surface area contributed by atoms with E-state index in [1.807, 2.05) is 32.0 Å². The van der Waals surface area contributed by atoms with Crippen LogP contribution in [-0.2, 0) is 16.1 Å². The van der Waals surface area contributed by atoms with Crippen molar-refractivity contribution >= 4 is 11.8 Å². The number of amides is 2. The molecule has 9 nitrogen and oxygen atoms in total. The van der Waals surface area contributed by atoms with Crippen molar-refractivity contribution in [2.75, 3.05) is 34.5 Å². The summed E-state index contributed by atoms with van der Waals surface area (Å²) in [5.74, 6) is 0.924. The summed E-state index contributed by atoms with van der Waals surface area (Å²) in [6.45, 7) is 11.7. The van der Waals surface area contributed by atoms with E-state index in [1.165, 1.54) is 0 Å². The molecule has 0 bridgehead atoms. The maximum absolute atomic E-state index is 13.3. The molecule has 0 aliphatic rings. The summed E-state index contributed by atoms with van der Waals surface area (Å²) in [5, 5.41) is 10.4. The largest absolute Gasteiger partial charge is 0.496 e. The van der Waals surface area contributed by atoms with Gasteiger partial charge in [0, 0.05) is 20.2 Å². The topological polar surface area (TPSA) is 104 Å². The first-order chi connectivity index (χ1) is 18.4. The molecule has 1 atom stereocenters. The molecule has 0 radical (unpaired) electrons. The van der Waals surface area contributed by atoms with Crippen LogP contribution >= 0.6 is 0 Å². The molecule has 38 heavy (non-hydrogen) atoms. The third kappa shape index (κ3) is 10.0. The molecule has 1 heterocycles. The highest BCUT2D eigenvalue weighted by Crippen LogP contribution is 2.38. The lowest BCUT2D eigenvalue weighted by Crippen LogP contribution is -2.47. The molecule has 2 rings (SSSR count). The summed E-state index contributed by atoms with van der Waals surface area (Å²) in [6.07, 6.45) is 4.61. The van der Waals surface area contributed by atoms with E-state index in [1.54, 1.807) is 32.1 Å². The number of carbonyl (C=O) groups is 2. The predicted molar refractivity (Wildman–Crippen MR) is 152 cm³/mol. The lowest BCUT2D eigenvalue weighted by atomic mass is 10.1. The highest BCUT2D eigenvalue weighted by molar-refractivity contribution is 5.97. The molecule has 2 amide bonds. The van der Waals surface area contributed by atoms with Crippen LogP contribution in [0.25, 0.3) is 11.3 Å². The van der Waals surface area contributed by atoms with Crippen molar-refractivity contribution in [2.24, 2.45) is 5.92 Å². The van der Waals surface area contributed by atoms with Gasteiger partial charge in [-0.25, -0.2) is 0 Å². The molecule has 0 saturated carbocycles. The summed E-state index contributed by atoms with van der Waals surface area (Å²) in [5.41, 5.74) is 1.68. The van der Waals surface area contributed by atoms with Gasteiger partial charge >= 0.3 is 0 Å². The minimum absolute atomic E-state index is 0.217. The van der Waals surface area contributed by atoms with Crippen LogP contribution in [0.4, 0.5) is 0 Å². The average molecular weight is 533 g/mol. The Bertz CT molecular complexity index is 952. The zero-order valence-corrected chi connectivity index (χ0v) is 24.6. The van der Waals surface area contributed by atoms with E-state index in [0.717, 1.165) is 31.2 Å². The molecular formula is C29H48N4O5. The summed E-state index contributed by atoms with van der Waals surface area (Å²) in [6, 6.07) is 6.63. The number of rotatable bonds is 16. The zero-order valence-electron chi connectivity index (χ0n) is 24.6. The normalized spacial score (nSPS) is 11.4. The fourth-order valence-electron chi connectivity index (χ4n) is 3.99. The van der Waals surface area contributed by atoms with Crippen LogP contribution < -0.4 is 20.1 Å². The van der Waals surface area contributed by atoms with Gasteiger partial charge in [0.15, 0.2) is 5.69 Å². The molecule has 0 fully saturated rings. The van der Waals surface area contributed by atoms with Gasteiger partial charge in [0.25, 0.3) is 5.91 Å². The number of ether oxygens (including phenoxy) is 3. The van der Waals surface area contributed by atoms with Crippen LogP contribution in [0.15, 0.2) is 24.3 Å². The first kappa shape index (κ1) is 33.0. The Morgan fingerprint density at radius 3 is 2.24 bits per heavy atom. The standard InChI is InChI=1S/C27H42N4O5.C2H6/c1-7-8-9-10-12-20(26(32)28-15-16-34-4)29-27(33)21-17-22(31(30-21)18-19(2)3)25-23(35-5)13-11-14-24(25)36-6;1-2/h11,13-14,17,19-20H,7-10,12,15-16,18H2,1-6H3,(H,28,32)(H,29,33);1-2H3/t20-;/m0./s1. The number of nitrogens with one attached hydrogen (secondary N) is 2. The predicted octanol–water partition coefficient (Wildman–Crippen LogP) is 5.08. The highest BCUT2D eigenvalue weighted by atomic mass is 16.5.